The quantitative estimate of drug-likeness (QED) is 0.906. The smallest absolute Gasteiger partial charge is 0.267 e. The van der Waals surface area contributed by atoms with Gasteiger partial charge in [0, 0.05) is 15.9 Å². The lowest BCUT2D eigenvalue weighted by molar-refractivity contribution is 0.101. The largest absolute Gasteiger partial charge is 0.271 e. The summed E-state index contributed by atoms with van der Waals surface area (Å²) in [7, 11) is 0. The Morgan fingerprint density at radius 2 is 1.71 bits per heavy atom. The Bertz CT molecular complexity index is 541. The van der Waals surface area contributed by atoms with Crippen LogP contribution >= 0.6 is 15.9 Å². The summed E-state index contributed by atoms with van der Waals surface area (Å²) in [6.45, 7) is 3.90. The van der Waals surface area contributed by atoms with E-state index in [0.717, 1.165) is 15.9 Å². The summed E-state index contributed by atoms with van der Waals surface area (Å²) < 4.78 is 2.57. The third-order valence-corrected chi connectivity index (χ3v) is 3.29. The molecule has 1 aromatic carbocycles. The van der Waals surface area contributed by atoms with Crippen molar-refractivity contribution in [3.8, 4) is 0 Å². The van der Waals surface area contributed by atoms with Gasteiger partial charge in [-0.3, -0.25) is 14.9 Å². The highest BCUT2D eigenvalue weighted by molar-refractivity contribution is 9.10. The van der Waals surface area contributed by atoms with Crippen LogP contribution in [-0.2, 0) is 0 Å². The van der Waals surface area contributed by atoms with Crippen LogP contribution in [0.3, 0.4) is 0 Å². The van der Waals surface area contributed by atoms with Gasteiger partial charge in [-0.25, -0.2) is 0 Å². The van der Waals surface area contributed by atoms with Crippen LogP contribution in [-0.4, -0.2) is 10.6 Å². The van der Waals surface area contributed by atoms with Gasteiger partial charge < -0.3 is 0 Å². The molecule has 0 atom stereocenters. The summed E-state index contributed by atoms with van der Waals surface area (Å²) in [5, 5.41) is 0. The molecule has 0 spiro atoms. The minimum atomic E-state index is -0.125. The fourth-order valence-corrected chi connectivity index (χ4v) is 2.12. The molecule has 1 amide bonds. The average Bonchev–Trinajstić information content (AvgIpc) is 2.61. The van der Waals surface area contributed by atoms with Gasteiger partial charge in [-0.05, 0) is 54.0 Å². The van der Waals surface area contributed by atoms with E-state index in [0.29, 0.717) is 5.56 Å². The van der Waals surface area contributed by atoms with Gasteiger partial charge in [0.15, 0.2) is 0 Å². The number of carbonyl (C=O) groups is 1. The Kier molecular flexibility index (Phi) is 3.33. The van der Waals surface area contributed by atoms with Gasteiger partial charge >= 0.3 is 0 Å². The summed E-state index contributed by atoms with van der Waals surface area (Å²) >= 11 is 3.37. The standard InChI is InChI=1S/C13H13BrN2O/c1-9-7-8-10(2)16(9)15-13(17)11-5-3-4-6-12(11)14/h3-8H,1-2H3,(H,15,17). The number of aryl methyl sites for hydroxylation is 2. The highest BCUT2D eigenvalue weighted by Crippen LogP contribution is 2.16. The molecule has 0 bridgehead atoms. The van der Waals surface area contributed by atoms with Gasteiger partial charge in [-0.1, -0.05) is 12.1 Å². The summed E-state index contributed by atoms with van der Waals surface area (Å²) in [5.41, 5.74) is 5.49. The number of nitrogens with one attached hydrogen (secondary N) is 1. The van der Waals surface area contributed by atoms with Crippen LogP contribution in [0.4, 0.5) is 0 Å². The van der Waals surface area contributed by atoms with E-state index in [1.165, 1.54) is 0 Å². The topological polar surface area (TPSA) is 34.0 Å². The molecule has 0 radical (unpaired) electrons. The number of halogens is 1. The van der Waals surface area contributed by atoms with E-state index in [4.69, 9.17) is 0 Å². The number of hydrogen-bond acceptors (Lipinski definition) is 1. The maximum Gasteiger partial charge on any atom is 0.271 e. The van der Waals surface area contributed by atoms with Crippen LogP contribution in [0.25, 0.3) is 0 Å². The molecule has 88 valence electrons. The number of rotatable bonds is 2. The van der Waals surface area contributed by atoms with E-state index in [1.807, 2.05) is 44.2 Å². The van der Waals surface area contributed by atoms with E-state index in [2.05, 4.69) is 21.4 Å². The summed E-state index contributed by atoms with van der Waals surface area (Å²) in [4.78, 5) is 12.1. The van der Waals surface area contributed by atoms with Crippen molar-refractivity contribution < 1.29 is 4.79 Å². The number of nitrogens with zero attached hydrogens (tertiary/aromatic N) is 1. The molecule has 0 fully saturated rings. The first-order chi connectivity index (χ1) is 8.09. The predicted octanol–water partition coefficient (Wildman–Crippen LogP) is 3.25. The first kappa shape index (κ1) is 11.9. The molecule has 0 aliphatic carbocycles. The minimum absolute atomic E-state index is 0.125. The van der Waals surface area contributed by atoms with Crippen molar-refractivity contribution >= 4 is 21.8 Å². The molecule has 1 N–H and O–H groups in total. The molecule has 0 unspecified atom stereocenters. The number of benzene rings is 1. The van der Waals surface area contributed by atoms with Gasteiger partial charge in [0.2, 0.25) is 0 Å². The molecule has 17 heavy (non-hydrogen) atoms. The fourth-order valence-electron chi connectivity index (χ4n) is 1.65. The number of amides is 1. The van der Waals surface area contributed by atoms with Crippen LogP contribution < -0.4 is 5.43 Å². The SMILES string of the molecule is Cc1ccc(C)n1NC(=O)c1ccccc1Br. The van der Waals surface area contributed by atoms with Crippen molar-refractivity contribution in [2.24, 2.45) is 0 Å². The zero-order chi connectivity index (χ0) is 12.4. The lowest BCUT2D eigenvalue weighted by Crippen LogP contribution is -2.24. The van der Waals surface area contributed by atoms with Gasteiger partial charge in [0.1, 0.15) is 0 Å². The van der Waals surface area contributed by atoms with Crippen molar-refractivity contribution in [3.05, 3.63) is 57.8 Å². The molecule has 2 rings (SSSR count). The third kappa shape index (κ3) is 2.42. The van der Waals surface area contributed by atoms with E-state index in [1.54, 1.807) is 10.7 Å². The van der Waals surface area contributed by atoms with Crippen molar-refractivity contribution in [2.75, 3.05) is 5.43 Å². The van der Waals surface area contributed by atoms with E-state index >= 15 is 0 Å². The predicted molar refractivity (Wildman–Crippen MR) is 71.7 cm³/mol. The Balaban J connectivity index is 2.27. The minimum Gasteiger partial charge on any atom is -0.267 e. The maximum absolute atomic E-state index is 12.1. The second-order valence-corrected chi connectivity index (χ2v) is 4.73. The number of hydrogen-bond donors (Lipinski definition) is 1. The Morgan fingerprint density at radius 1 is 1.12 bits per heavy atom. The van der Waals surface area contributed by atoms with Crippen LogP contribution in [0.1, 0.15) is 21.7 Å². The highest BCUT2D eigenvalue weighted by Gasteiger charge is 2.10. The van der Waals surface area contributed by atoms with Crippen LogP contribution in [0.5, 0.6) is 0 Å². The Hall–Kier alpha value is -1.55. The molecule has 1 heterocycles. The molecule has 1 aromatic heterocycles. The molecule has 0 saturated heterocycles. The molecule has 4 heteroatoms. The summed E-state index contributed by atoms with van der Waals surface area (Å²) in [6, 6.07) is 11.3. The van der Waals surface area contributed by atoms with Crippen molar-refractivity contribution in [1.82, 2.24) is 4.68 Å². The van der Waals surface area contributed by atoms with E-state index in [9.17, 15) is 4.79 Å². The van der Waals surface area contributed by atoms with Crippen molar-refractivity contribution in [3.63, 3.8) is 0 Å². The normalized spacial score (nSPS) is 10.3. The number of aromatic nitrogens is 1. The van der Waals surface area contributed by atoms with Crippen molar-refractivity contribution in [2.45, 2.75) is 13.8 Å². The first-order valence-corrected chi connectivity index (χ1v) is 6.09. The summed E-state index contributed by atoms with van der Waals surface area (Å²) in [6.07, 6.45) is 0. The maximum atomic E-state index is 12.1. The van der Waals surface area contributed by atoms with Crippen molar-refractivity contribution in [1.29, 1.82) is 0 Å². The lowest BCUT2D eigenvalue weighted by Gasteiger charge is -2.11. The van der Waals surface area contributed by atoms with Gasteiger partial charge in [-0.15, -0.1) is 0 Å². The zero-order valence-electron chi connectivity index (χ0n) is 9.70. The first-order valence-electron chi connectivity index (χ1n) is 5.30. The van der Waals surface area contributed by atoms with Crippen LogP contribution in [0.15, 0.2) is 40.9 Å². The number of carbonyl (C=O) groups excluding carboxylic acids is 1. The van der Waals surface area contributed by atoms with Gasteiger partial charge in [0.25, 0.3) is 5.91 Å². The Labute approximate surface area is 109 Å². The highest BCUT2D eigenvalue weighted by atomic mass is 79.9. The second kappa shape index (κ2) is 4.75. The summed E-state index contributed by atoms with van der Waals surface area (Å²) in [5.74, 6) is -0.125. The molecule has 0 aliphatic heterocycles. The molecule has 2 aromatic rings. The fraction of sp³-hybridized carbons (Fsp3) is 0.154. The van der Waals surface area contributed by atoms with Gasteiger partial charge in [0.05, 0.1) is 5.56 Å². The zero-order valence-corrected chi connectivity index (χ0v) is 11.3. The van der Waals surface area contributed by atoms with E-state index < -0.39 is 0 Å². The average molecular weight is 293 g/mol. The van der Waals surface area contributed by atoms with E-state index in [-0.39, 0.29) is 5.91 Å². The Morgan fingerprint density at radius 3 is 2.29 bits per heavy atom. The van der Waals surface area contributed by atoms with Gasteiger partial charge in [-0.2, -0.15) is 0 Å². The molecule has 3 nitrogen and oxygen atoms in total. The third-order valence-electron chi connectivity index (χ3n) is 2.60. The second-order valence-electron chi connectivity index (χ2n) is 3.87. The molecular weight excluding hydrogens is 280 g/mol. The lowest BCUT2D eigenvalue weighted by atomic mass is 10.2. The molecule has 0 saturated carbocycles. The molecular formula is C13H13BrN2O. The molecule has 0 aliphatic rings. The van der Waals surface area contributed by atoms with Crippen LogP contribution in [0, 0.1) is 13.8 Å². The monoisotopic (exact) mass is 292 g/mol. The van der Waals surface area contributed by atoms with Crippen LogP contribution in [0.2, 0.25) is 0 Å².